The third-order valence-corrected chi connectivity index (χ3v) is 4.73. The van der Waals surface area contributed by atoms with Gasteiger partial charge in [-0.05, 0) is 31.9 Å². The number of para-hydroxylation sites is 1. The van der Waals surface area contributed by atoms with E-state index in [2.05, 4.69) is 42.0 Å². The van der Waals surface area contributed by atoms with Gasteiger partial charge in [0.2, 0.25) is 5.95 Å². The van der Waals surface area contributed by atoms with Crippen LogP contribution in [0.4, 0.5) is 5.95 Å². The first-order valence-electron chi connectivity index (χ1n) is 7.37. The molecule has 1 aromatic heterocycles. The zero-order chi connectivity index (χ0) is 13.7. The Labute approximate surface area is 119 Å². The fourth-order valence-electron chi connectivity index (χ4n) is 3.75. The molecule has 4 heteroatoms. The maximum Gasteiger partial charge on any atom is 0.226 e. The number of nitrogens with zero attached hydrogens (tertiary/aromatic N) is 4. The Hall–Kier alpha value is -1.68. The Bertz CT molecular complexity index is 640. The SMILES string of the molecule is Cc1nc(N2CC3CN(C)CC3C2)nc2ccccc12. The Kier molecular flexibility index (Phi) is 2.67. The second-order valence-corrected chi connectivity index (χ2v) is 6.27. The van der Waals surface area contributed by atoms with Crippen molar-refractivity contribution < 1.29 is 0 Å². The van der Waals surface area contributed by atoms with Crippen LogP contribution in [0.15, 0.2) is 24.3 Å². The molecule has 2 unspecified atom stereocenters. The summed E-state index contributed by atoms with van der Waals surface area (Å²) in [6, 6.07) is 8.28. The van der Waals surface area contributed by atoms with Crippen molar-refractivity contribution in [1.29, 1.82) is 0 Å². The molecule has 0 saturated carbocycles. The van der Waals surface area contributed by atoms with Crippen molar-refractivity contribution in [2.45, 2.75) is 6.92 Å². The van der Waals surface area contributed by atoms with E-state index in [0.29, 0.717) is 0 Å². The topological polar surface area (TPSA) is 32.3 Å². The Balaban J connectivity index is 1.67. The summed E-state index contributed by atoms with van der Waals surface area (Å²) in [5.41, 5.74) is 2.14. The minimum Gasteiger partial charge on any atom is -0.340 e. The molecular weight excluding hydrogens is 248 g/mol. The Morgan fingerprint density at radius 3 is 2.45 bits per heavy atom. The molecule has 4 rings (SSSR count). The lowest BCUT2D eigenvalue weighted by Gasteiger charge is -2.20. The molecule has 2 fully saturated rings. The molecule has 0 bridgehead atoms. The summed E-state index contributed by atoms with van der Waals surface area (Å²) in [6.07, 6.45) is 0. The van der Waals surface area contributed by atoms with Gasteiger partial charge in [-0.3, -0.25) is 0 Å². The molecule has 2 aliphatic rings. The number of rotatable bonds is 1. The van der Waals surface area contributed by atoms with Crippen LogP contribution in [-0.4, -0.2) is 48.1 Å². The van der Waals surface area contributed by atoms with Crippen molar-refractivity contribution in [2.24, 2.45) is 11.8 Å². The zero-order valence-electron chi connectivity index (χ0n) is 12.1. The van der Waals surface area contributed by atoms with Crippen LogP contribution in [-0.2, 0) is 0 Å². The lowest BCUT2D eigenvalue weighted by atomic mass is 10.0. The fourth-order valence-corrected chi connectivity index (χ4v) is 3.75. The van der Waals surface area contributed by atoms with Crippen LogP contribution in [0.25, 0.3) is 10.9 Å². The number of likely N-dealkylation sites (tertiary alicyclic amines) is 1. The standard InChI is InChI=1S/C16H20N4/c1-11-14-5-3-4-6-15(14)18-16(17-11)20-9-12-7-19(2)8-13(12)10-20/h3-6,12-13H,7-10H2,1-2H3. The van der Waals surface area contributed by atoms with Crippen molar-refractivity contribution >= 4 is 16.9 Å². The lowest BCUT2D eigenvalue weighted by molar-refractivity contribution is 0.386. The van der Waals surface area contributed by atoms with Gasteiger partial charge in [0.15, 0.2) is 0 Å². The Morgan fingerprint density at radius 2 is 1.70 bits per heavy atom. The number of fused-ring (bicyclic) bond motifs is 2. The summed E-state index contributed by atoms with van der Waals surface area (Å²) in [5.74, 6) is 2.49. The van der Waals surface area contributed by atoms with Crippen LogP contribution < -0.4 is 4.90 Å². The predicted molar refractivity (Wildman–Crippen MR) is 81.0 cm³/mol. The van der Waals surface area contributed by atoms with E-state index in [1.165, 1.54) is 13.1 Å². The summed E-state index contributed by atoms with van der Waals surface area (Å²) < 4.78 is 0. The number of aryl methyl sites for hydroxylation is 1. The molecule has 2 aliphatic heterocycles. The van der Waals surface area contributed by atoms with E-state index >= 15 is 0 Å². The highest BCUT2D eigenvalue weighted by molar-refractivity contribution is 5.81. The van der Waals surface area contributed by atoms with Gasteiger partial charge in [0, 0.05) is 31.6 Å². The van der Waals surface area contributed by atoms with E-state index in [9.17, 15) is 0 Å². The minimum absolute atomic E-state index is 0.787. The molecule has 104 valence electrons. The smallest absolute Gasteiger partial charge is 0.226 e. The van der Waals surface area contributed by atoms with Crippen molar-refractivity contribution in [3.8, 4) is 0 Å². The van der Waals surface area contributed by atoms with Crippen molar-refractivity contribution in [2.75, 3.05) is 38.1 Å². The highest BCUT2D eigenvalue weighted by Crippen LogP contribution is 2.32. The molecule has 1 aromatic carbocycles. The molecule has 4 nitrogen and oxygen atoms in total. The van der Waals surface area contributed by atoms with Crippen LogP contribution in [0.1, 0.15) is 5.69 Å². The third kappa shape index (κ3) is 1.86. The van der Waals surface area contributed by atoms with Gasteiger partial charge in [-0.15, -0.1) is 0 Å². The summed E-state index contributed by atoms with van der Waals surface area (Å²) in [5, 5.41) is 1.16. The van der Waals surface area contributed by atoms with Crippen LogP contribution in [0.2, 0.25) is 0 Å². The predicted octanol–water partition coefficient (Wildman–Crippen LogP) is 1.94. The van der Waals surface area contributed by atoms with Crippen LogP contribution in [0, 0.1) is 18.8 Å². The summed E-state index contributed by atoms with van der Waals surface area (Å²) in [7, 11) is 2.22. The molecule has 20 heavy (non-hydrogen) atoms. The van der Waals surface area contributed by atoms with Gasteiger partial charge >= 0.3 is 0 Å². The van der Waals surface area contributed by atoms with E-state index < -0.39 is 0 Å². The number of benzene rings is 1. The van der Waals surface area contributed by atoms with E-state index in [1.807, 2.05) is 6.07 Å². The van der Waals surface area contributed by atoms with Gasteiger partial charge in [-0.1, -0.05) is 18.2 Å². The normalized spacial score (nSPS) is 26.4. The summed E-state index contributed by atoms with van der Waals surface area (Å²) in [6.45, 7) is 6.72. The van der Waals surface area contributed by atoms with Crippen LogP contribution >= 0.6 is 0 Å². The quantitative estimate of drug-likeness (QED) is 0.791. The maximum atomic E-state index is 4.77. The summed E-state index contributed by atoms with van der Waals surface area (Å²) >= 11 is 0. The van der Waals surface area contributed by atoms with Gasteiger partial charge in [-0.2, -0.15) is 0 Å². The lowest BCUT2D eigenvalue weighted by Crippen LogP contribution is -2.28. The molecule has 2 saturated heterocycles. The monoisotopic (exact) mass is 268 g/mol. The van der Waals surface area contributed by atoms with Crippen molar-refractivity contribution in [3.05, 3.63) is 30.0 Å². The van der Waals surface area contributed by atoms with Crippen molar-refractivity contribution in [3.63, 3.8) is 0 Å². The average Bonchev–Trinajstić information content (AvgIpc) is 2.96. The van der Waals surface area contributed by atoms with Crippen LogP contribution in [0.5, 0.6) is 0 Å². The van der Waals surface area contributed by atoms with Gasteiger partial charge in [-0.25, -0.2) is 9.97 Å². The first kappa shape index (κ1) is 12.1. The van der Waals surface area contributed by atoms with E-state index in [-0.39, 0.29) is 0 Å². The number of aromatic nitrogens is 2. The fraction of sp³-hybridized carbons (Fsp3) is 0.500. The van der Waals surface area contributed by atoms with Crippen molar-refractivity contribution in [1.82, 2.24) is 14.9 Å². The second-order valence-electron chi connectivity index (χ2n) is 6.27. The average molecular weight is 268 g/mol. The first-order valence-corrected chi connectivity index (χ1v) is 7.37. The van der Waals surface area contributed by atoms with E-state index in [0.717, 1.165) is 47.5 Å². The molecule has 0 amide bonds. The highest BCUT2D eigenvalue weighted by Gasteiger charge is 2.39. The number of hydrogen-bond acceptors (Lipinski definition) is 4. The molecule has 0 spiro atoms. The third-order valence-electron chi connectivity index (χ3n) is 4.73. The zero-order valence-corrected chi connectivity index (χ0v) is 12.1. The number of anilines is 1. The molecule has 3 heterocycles. The maximum absolute atomic E-state index is 4.77. The molecule has 0 N–H and O–H groups in total. The van der Waals surface area contributed by atoms with Gasteiger partial charge in [0.1, 0.15) is 0 Å². The Morgan fingerprint density at radius 1 is 1.00 bits per heavy atom. The van der Waals surface area contributed by atoms with E-state index in [1.54, 1.807) is 0 Å². The highest BCUT2D eigenvalue weighted by atomic mass is 15.3. The van der Waals surface area contributed by atoms with Gasteiger partial charge in [0.25, 0.3) is 0 Å². The first-order chi connectivity index (χ1) is 9.70. The largest absolute Gasteiger partial charge is 0.340 e. The molecule has 0 aliphatic carbocycles. The number of hydrogen-bond donors (Lipinski definition) is 0. The van der Waals surface area contributed by atoms with Gasteiger partial charge in [0.05, 0.1) is 11.2 Å². The van der Waals surface area contributed by atoms with Crippen LogP contribution in [0.3, 0.4) is 0 Å². The molecule has 2 atom stereocenters. The van der Waals surface area contributed by atoms with Gasteiger partial charge < -0.3 is 9.80 Å². The van der Waals surface area contributed by atoms with E-state index in [4.69, 9.17) is 9.97 Å². The minimum atomic E-state index is 0.787. The molecule has 2 aromatic rings. The second kappa shape index (κ2) is 4.42. The summed E-state index contributed by atoms with van der Waals surface area (Å²) in [4.78, 5) is 14.3. The molecular formula is C16H20N4. The molecule has 0 radical (unpaired) electrons.